The third kappa shape index (κ3) is 5.35. The number of carboxylic acids is 1. The van der Waals surface area contributed by atoms with Crippen molar-refractivity contribution in [2.45, 2.75) is 25.7 Å². The summed E-state index contributed by atoms with van der Waals surface area (Å²) in [5.41, 5.74) is 4.30. The summed E-state index contributed by atoms with van der Waals surface area (Å²) in [6.45, 7) is 1.81. The molecule has 4 rings (SSSR count). The van der Waals surface area contributed by atoms with Crippen LogP contribution in [0, 0.1) is 0 Å². The Morgan fingerprint density at radius 3 is 2.61 bits per heavy atom. The van der Waals surface area contributed by atoms with Crippen LogP contribution in [0.5, 0.6) is 0 Å². The van der Waals surface area contributed by atoms with E-state index in [1.54, 1.807) is 25.4 Å². The van der Waals surface area contributed by atoms with Gasteiger partial charge < -0.3 is 19.7 Å². The summed E-state index contributed by atoms with van der Waals surface area (Å²) in [5.74, 6) is -1.18. The molecule has 0 aliphatic heterocycles. The minimum Gasteiger partial charge on any atom is -0.481 e. The molecular formula is C25H24N4O4. The van der Waals surface area contributed by atoms with Crippen LogP contribution in [0.2, 0.25) is 0 Å². The average Bonchev–Trinajstić information content (AvgIpc) is 3.20. The fourth-order valence-electron chi connectivity index (χ4n) is 3.47. The number of carbonyl (C=O) groups excluding carboxylic acids is 1. The van der Waals surface area contributed by atoms with Gasteiger partial charge in [0.15, 0.2) is 5.58 Å². The minimum absolute atomic E-state index is 0.00775. The molecule has 0 spiro atoms. The summed E-state index contributed by atoms with van der Waals surface area (Å²) in [4.78, 5) is 34.0. The molecule has 2 aromatic heterocycles. The number of anilines is 3. The number of nitrogens with one attached hydrogen (secondary N) is 1. The van der Waals surface area contributed by atoms with Crippen LogP contribution in [0.15, 0.2) is 71.3 Å². The molecule has 1 unspecified atom stereocenters. The van der Waals surface area contributed by atoms with Gasteiger partial charge in [0.1, 0.15) is 5.52 Å². The van der Waals surface area contributed by atoms with Crippen molar-refractivity contribution in [3.63, 3.8) is 0 Å². The Morgan fingerprint density at radius 2 is 1.91 bits per heavy atom. The summed E-state index contributed by atoms with van der Waals surface area (Å²) in [6.07, 6.45) is 1.78. The lowest BCUT2D eigenvalue weighted by molar-refractivity contribution is -0.137. The van der Waals surface area contributed by atoms with Gasteiger partial charge in [-0.15, -0.1) is 0 Å². The lowest BCUT2D eigenvalue weighted by Crippen LogP contribution is -2.28. The van der Waals surface area contributed by atoms with Crippen LogP contribution < -0.4 is 10.2 Å². The molecule has 0 bridgehead atoms. The highest BCUT2D eigenvalue weighted by molar-refractivity contribution is 5.94. The Kier molecular flexibility index (Phi) is 6.35. The van der Waals surface area contributed by atoms with E-state index in [2.05, 4.69) is 15.3 Å². The predicted octanol–water partition coefficient (Wildman–Crippen LogP) is 4.75. The molecule has 0 saturated heterocycles. The number of rotatable bonds is 8. The topological polar surface area (TPSA) is 109 Å². The van der Waals surface area contributed by atoms with Crippen molar-refractivity contribution < 1.29 is 19.1 Å². The third-order valence-electron chi connectivity index (χ3n) is 5.35. The van der Waals surface area contributed by atoms with Gasteiger partial charge in [-0.3, -0.25) is 14.6 Å². The molecule has 2 aromatic carbocycles. The van der Waals surface area contributed by atoms with Crippen molar-refractivity contribution in [3.8, 4) is 0 Å². The zero-order valence-corrected chi connectivity index (χ0v) is 18.4. The number of pyridine rings is 1. The molecule has 0 saturated carbocycles. The van der Waals surface area contributed by atoms with Crippen molar-refractivity contribution in [1.82, 2.24) is 9.97 Å². The Balaban J connectivity index is 1.43. The van der Waals surface area contributed by atoms with Gasteiger partial charge in [0.2, 0.25) is 5.91 Å². The van der Waals surface area contributed by atoms with Crippen LogP contribution in [-0.4, -0.2) is 34.0 Å². The number of carbonyl (C=O) groups is 2. The second-order valence-electron chi connectivity index (χ2n) is 7.88. The van der Waals surface area contributed by atoms with E-state index in [4.69, 9.17) is 9.52 Å². The van der Waals surface area contributed by atoms with Crippen molar-refractivity contribution >= 4 is 40.4 Å². The maximum atomic E-state index is 12.8. The Morgan fingerprint density at radius 1 is 1.12 bits per heavy atom. The highest BCUT2D eigenvalue weighted by Gasteiger charge is 2.16. The van der Waals surface area contributed by atoms with Crippen molar-refractivity contribution in [1.29, 1.82) is 0 Å². The van der Waals surface area contributed by atoms with Crippen LogP contribution in [-0.2, 0) is 16.0 Å². The molecule has 1 amide bonds. The number of oxazole rings is 1. The molecule has 0 aliphatic rings. The normalized spacial score (nSPS) is 11.8. The van der Waals surface area contributed by atoms with E-state index in [0.29, 0.717) is 28.5 Å². The summed E-state index contributed by atoms with van der Waals surface area (Å²) < 4.78 is 5.80. The van der Waals surface area contributed by atoms with Crippen molar-refractivity contribution in [3.05, 3.63) is 78.1 Å². The maximum Gasteiger partial charge on any atom is 0.304 e. The predicted molar refractivity (Wildman–Crippen MR) is 126 cm³/mol. The molecule has 8 heteroatoms. The van der Waals surface area contributed by atoms with E-state index < -0.39 is 5.97 Å². The number of nitrogens with zero attached hydrogens (tertiary/aromatic N) is 3. The molecule has 2 heterocycles. The van der Waals surface area contributed by atoms with Gasteiger partial charge in [0.05, 0.1) is 24.7 Å². The summed E-state index contributed by atoms with van der Waals surface area (Å²) in [7, 11) is 1.69. The second-order valence-corrected chi connectivity index (χ2v) is 7.88. The molecule has 0 fully saturated rings. The Labute approximate surface area is 190 Å². The van der Waals surface area contributed by atoms with Crippen LogP contribution in [0.3, 0.4) is 0 Å². The standard InChI is InChI=1S/C25H24N4O4/c1-16(12-24(31)32)20-11-9-19(15-26-20)29(2)23(30)14-17-8-10-21-22(13-17)33-25(28-21)27-18-6-4-3-5-7-18/h3-11,13,15-16H,12,14H2,1-2H3,(H,27,28)(H,31,32). The summed E-state index contributed by atoms with van der Waals surface area (Å²) >= 11 is 0. The maximum absolute atomic E-state index is 12.8. The Bertz CT molecular complexity index is 1270. The number of fused-ring (bicyclic) bond motifs is 1. The largest absolute Gasteiger partial charge is 0.481 e. The molecule has 4 aromatic rings. The molecule has 0 radical (unpaired) electrons. The lowest BCUT2D eigenvalue weighted by atomic mass is 10.0. The number of carboxylic acid groups (broad SMARTS) is 1. The quantitative estimate of drug-likeness (QED) is 0.404. The number of aromatic nitrogens is 2. The molecule has 0 aliphatic carbocycles. The molecule has 168 valence electrons. The fourth-order valence-corrected chi connectivity index (χ4v) is 3.47. The minimum atomic E-state index is -0.868. The van der Waals surface area contributed by atoms with Gasteiger partial charge in [-0.2, -0.15) is 4.98 Å². The van der Waals surface area contributed by atoms with Gasteiger partial charge in [-0.25, -0.2) is 0 Å². The van der Waals surface area contributed by atoms with Crippen LogP contribution in [0.4, 0.5) is 17.4 Å². The Hall–Kier alpha value is -4.20. The molecule has 33 heavy (non-hydrogen) atoms. The molecule has 2 N–H and O–H groups in total. The molecular weight excluding hydrogens is 420 g/mol. The third-order valence-corrected chi connectivity index (χ3v) is 5.35. The van der Waals surface area contributed by atoms with E-state index in [0.717, 1.165) is 11.3 Å². The van der Waals surface area contributed by atoms with E-state index in [1.165, 1.54) is 4.90 Å². The van der Waals surface area contributed by atoms with Crippen LogP contribution in [0.1, 0.15) is 30.5 Å². The van der Waals surface area contributed by atoms with E-state index >= 15 is 0 Å². The highest BCUT2D eigenvalue weighted by atomic mass is 16.4. The first-order valence-corrected chi connectivity index (χ1v) is 10.5. The number of para-hydroxylation sites is 1. The average molecular weight is 444 g/mol. The zero-order valence-electron chi connectivity index (χ0n) is 18.4. The van der Waals surface area contributed by atoms with E-state index in [9.17, 15) is 9.59 Å². The number of aliphatic carboxylic acids is 1. The smallest absolute Gasteiger partial charge is 0.304 e. The number of hydrogen-bond acceptors (Lipinski definition) is 6. The second kappa shape index (κ2) is 9.52. The van der Waals surface area contributed by atoms with Gasteiger partial charge in [-0.05, 0) is 42.0 Å². The molecule has 8 nitrogen and oxygen atoms in total. The van der Waals surface area contributed by atoms with Gasteiger partial charge >= 0.3 is 5.97 Å². The van der Waals surface area contributed by atoms with Crippen molar-refractivity contribution in [2.75, 3.05) is 17.3 Å². The number of amides is 1. The van der Waals surface area contributed by atoms with Crippen LogP contribution >= 0.6 is 0 Å². The van der Waals surface area contributed by atoms with E-state index in [-0.39, 0.29) is 24.7 Å². The SMILES string of the molecule is CC(CC(=O)O)c1ccc(N(C)C(=O)Cc2ccc3nc(Nc4ccccc4)oc3c2)cn1. The number of hydrogen-bond donors (Lipinski definition) is 2. The van der Waals surface area contributed by atoms with Crippen LogP contribution in [0.25, 0.3) is 11.1 Å². The molecule has 1 atom stereocenters. The van der Waals surface area contributed by atoms with Gasteiger partial charge in [-0.1, -0.05) is 31.2 Å². The fraction of sp³-hybridized carbons (Fsp3) is 0.200. The van der Waals surface area contributed by atoms with Crippen molar-refractivity contribution in [2.24, 2.45) is 0 Å². The first kappa shape index (κ1) is 22.0. The monoisotopic (exact) mass is 444 g/mol. The van der Waals surface area contributed by atoms with Gasteiger partial charge in [0, 0.05) is 24.3 Å². The zero-order chi connectivity index (χ0) is 23.4. The summed E-state index contributed by atoms with van der Waals surface area (Å²) in [6, 6.07) is 19.0. The summed E-state index contributed by atoms with van der Waals surface area (Å²) in [5, 5.41) is 12.1. The lowest BCUT2D eigenvalue weighted by Gasteiger charge is -2.18. The number of likely N-dealkylation sites (N-methyl/N-ethyl adjacent to an activating group) is 1. The highest BCUT2D eigenvalue weighted by Crippen LogP contribution is 2.24. The van der Waals surface area contributed by atoms with E-state index in [1.807, 2.05) is 55.5 Å². The first-order valence-electron chi connectivity index (χ1n) is 10.5. The van der Waals surface area contributed by atoms with Gasteiger partial charge in [0.25, 0.3) is 6.01 Å². The number of benzene rings is 2. The first-order chi connectivity index (χ1) is 15.9.